The topological polar surface area (TPSA) is 53.1 Å². The van der Waals surface area contributed by atoms with Crippen molar-refractivity contribution in [2.24, 2.45) is 0 Å². The number of likely N-dealkylation sites (tertiary alicyclic amines) is 1. The van der Waals surface area contributed by atoms with Crippen LogP contribution < -0.4 is 4.90 Å². The van der Waals surface area contributed by atoms with Gasteiger partial charge in [0.05, 0.1) is 11.1 Å². The molecule has 2 aromatic rings. The van der Waals surface area contributed by atoms with E-state index in [1.807, 2.05) is 23.1 Å². The predicted molar refractivity (Wildman–Crippen MR) is 142 cm³/mol. The number of aryl methyl sites for hydroxylation is 1. The number of ether oxygens (including phenoxy) is 1. The van der Waals surface area contributed by atoms with E-state index in [2.05, 4.69) is 17.0 Å². The number of hydrogen-bond acceptors (Lipinski definition) is 5. The number of amides is 1. The molecule has 9 heteroatoms. The third kappa shape index (κ3) is 5.83. The molecule has 3 aliphatic rings. The van der Waals surface area contributed by atoms with E-state index in [0.29, 0.717) is 55.9 Å². The van der Waals surface area contributed by atoms with E-state index in [1.54, 1.807) is 17.9 Å². The quantitative estimate of drug-likeness (QED) is 0.497. The monoisotopic (exact) mass is 541 g/mol. The molecule has 2 aromatic carbocycles. The summed E-state index contributed by atoms with van der Waals surface area (Å²) < 4.78 is 45.3. The molecular formula is C30H34F3N3O3. The number of alkyl halides is 3. The molecule has 6 nitrogen and oxygen atoms in total. The van der Waals surface area contributed by atoms with Gasteiger partial charge in [-0.3, -0.25) is 4.79 Å². The van der Waals surface area contributed by atoms with E-state index in [-0.39, 0.29) is 5.91 Å². The minimum absolute atomic E-state index is 0.195. The van der Waals surface area contributed by atoms with Gasteiger partial charge in [-0.1, -0.05) is 36.4 Å². The number of halogens is 3. The van der Waals surface area contributed by atoms with Crippen molar-refractivity contribution in [1.29, 1.82) is 0 Å². The summed E-state index contributed by atoms with van der Waals surface area (Å²) in [6, 6.07) is 15.7. The Kier molecular flexibility index (Phi) is 7.71. The molecule has 3 heterocycles. The molecule has 3 aliphatic heterocycles. The van der Waals surface area contributed by atoms with Crippen molar-refractivity contribution >= 4 is 17.6 Å². The van der Waals surface area contributed by atoms with Crippen molar-refractivity contribution < 1.29 is 27.5 Å². The molecule has 0 aliphatic carbocycles. The van der Waals surface area contributed by atoms with E-state index in [0.717, 1.165) is 44.6 Å². The molecule has 1 spiro atoms. The van der Waals surface area contributed by atoms with Crippen LogP contribution in [0.25, 0.3) is 0 Å². The van der Waals surface area contributed by atoms with E-state index < -0.39 is 23.3 Å². The highest BCUT2D eigenvalue weighted by Crippen LogP contribution is 2.42. The fraction of sp³-hybridized carbons (Fsp3) is 0.467. The minimum atomic E-state index is -4.40. The Bertz CT molecular complexity index is 1230. The fourth-order valence-electron chi connectivity index (χ4n) is 5.95. The van der Waals surface area contributed by atoms with Gasteiger partial charge in [-0.2, -0.15) is 13.2 Å². The number of esters is 1. The first-order chi connectivity index (χ1) is 18.7. The second kappa shape index (κ2) is 11.0. The normalized spacial score (nSPS) is 20.1. The van der Waals surface area contributed by atoms with E-state index in [4.69, 9.17) is 4.74 Å². The lowest BCUT2D eigenvalue weighted by atomic mass is 9.82. The molecule has 0 aromatic heterocycles. The number of carbonyl (C=O) groups excluding carboxylic acids is 2. The van der Waals surface area contributed by atoms with Crippen LogP contribution >= 0.6 is 0 Å². The Morgan fingerprint density at radius 3 is 2.31 bits per heavy atom. The highest BCUT2D eigenvalue weighted by atomic mass is 19.4. The van der Waals surface area contributed by atoms with Crippen LogP contribution in [0.4, 0.5) is 18.9 Å². The summed E-state index contributed by atoms with van der Waals surface area (Å²) >= 11 is 0. The zero-order valence-corrected chi connectivity index (χ0v) is 22.2. The highest BCUT2D eigenvalue weighted by molar-refractivity contribution is 6.07. The Morgan fingerprint density at radius 2 is 1.64 bits per heavy atom. The Balaban J connectivity index is 1.19. The second-order valence-electron chi connectivity index (χ2n) is 10.6. The molecule has 2 saturated heterocycles. The Labute approximate surface area is 227 Å². The van der Waals surface area contributed by atoms with Crippen molar-refractivity contribution in [2.45, 2.75) is 44.4 Å². The highest BCUT2D eigenvalue weighted by Gasteiger charge is 2.51. The van der Waals surface area contributed by atoms with Crippen LogP contribution in [0.1, 0.15) is 37.3 Å². The molecule has 5 rings (SSSR count). The smallest absolute Gasteiger partial charge is 0.416 e. The predicted octanol–water partition coefficient (Wildman–Crippen LogP) is 4.69. The van der Waals surface area contributed by atoms with Crippen molar-refractivity contribution in [3.05, 3.63) is 76.9 Å². The summed E-state index contributed by atoms with van der Waals surface area (Å²) in [5, 5.41) is 0. The molecule has 1 amide bonds. The number of rotatable bonds is 6. The van der Waals surface area contributed by atoms with Crippen molar-refractivity contribution in [3.63, 3.8) is 0 Å². The number of hydrogen-bond donors (Lipinski definition) is 0. The van der Waals surface area contributed by atoms with E-state index in [9.17, 15) is 22.8 Å². The molecular weight excluding hydrogens is 507 g/mol. The Hall–Kier alpha value is -3.33. The van der Waals surface area contributed by atoms with Crippen LogP contribution in [0.5, 0.6) is 0 Å². The molecule has 0 atom stereocenters. The van der Waals surface area contributed by atoms with Gasteiger partial charge in [-0.15, -0.1) is 0 Å². The van der Waals surface area contributed by atoms with Gasteiger partial charge in [0.15, 0.2) is 0 Å². The van der Waals surface area contributed by atoms with Gasteiger partial charge in [-0.25, -0.2) is 4.79 Å². The van der Waals surface area contributed by atoms with Gasteiger partial charge in [-0.05, 0) is 50.1 Å². The SMILES string of the molecule is CC1=C(C(=O)N2CCN(c3cccc(C(F)(F)F)c3)CC2)C2(CCN(CCCc3ccccc3)CC2)OC1=O. The summed E-state index contributed by atoms with van der Waals surface area (Å²) in [7, 11) is 0. The van der Waals surface area contributed by atoms with E-state index >= 15 is 0 Å². The largest absolute Gasteiger partial charge is 0.450 e. The fourth-order valence-corrected chi connectivity index (χ4v) is 5.95. The van der Waals surface area contributed by atoms with Gasteiger partial charge in [0, 0.05) is 63.4 Å². The molecule has 0 unspecified atom stereocenters. The average Bonchev–Trinajstić information content (AvgIpc) is 3.18. The Morgan fingerprint density at radius 1 is 0.949 bits per heavy atom. The molecule has 0 bridgehead atoms. The summed E-state index contributed by atoms with van der Waals surface area (Å²) in [4.78, 5) is 32.3. The van der Waals surface area contributed by atoms with Gasteiger partial charge in [0.25, 0.3) is 5.91 Å². The summed E-state index contributed by atoms with van der Waals surface area (Å²) in [6.07, 6.45) is -1.21. The summed E-state index contributed by atoms with van der Waals surface area (Å²) in [5.41, 5.74) is 1.06. The first kappa shape index (κ1) is 27.2. The number of nitrogens with zero attached hydrogens (tertiary/aromatic N) is 3. The van der Waals surface area contributed by atoms with Crippen molar-refractivity contribution in [1.82, 2.24) is 9.80 Å². The average molecular weight is 542 g/mol. The number of benzene rings is 2. The maximum Gasteiger partial charge on any atom is 0.416 e. The maximum atomic E-state index is 13.7. The first-order valence-corrected chi connectivity index (χ1v) is 13.6. The number of anilines is 1. The van der Waals surface area contributed by atoms with Gasteiger partial charge >= 0.3 is 12.1 Å². The third-order valence-corrected chi connectivity index (χ3v) is 8.19. The zero-order chi connectivity index (χ0) is 27.6. The molecule has 39 heavy (non-hydrogen) atoms. The first-order valence-electron chi connectivity index (χ1n) is 13.6. The third-order valence-electron chi connectivity index (χ3n) is 8.19. The number of piperidine rings is 1. The minimum Gasteiger partial charge on any atom is -0.450 e. The molecule has 0 saturated carbocycles. The lowest BCUT2D eigenvalue weighted by Gasteiger charge is -2.42. The molecule has 0 N–H and O–H groups in total. The molecule has 208 valence electrons. The lowest BCUT2D eigenvalue weighted by Crippen LogP contribution is -2.53. The van der Waals surface area contributed by atoms with Gasteiger partial charge in [0.1, 0.15) is 5.60 Å². The standard InChI is InChI=1S/C30H34F3N3O3/c1-22-26(27(37)36-19-17-35(18-20-36)25-11-5-10-24(21-25)30(31,32)33)29(39-28(22)38)12-15-34(16-13-29)14-6-9-23-7-3-2-4-8-23/h2-5,7-8,10-11,21H,6,9,12-20H2,1H3. The van der Waals surface area contributed by atoms with Crippen LogP contribution in [0.3, 0.4) is 0 Å². The second-order valence-corrected chi connectivity index (χ2v) is 10.6. The molecule has 0 radical (unpaired) electrons. The van der Waals surface area contributed by atoms with Crippen LogP contribution in [0.15, 0.2) is 65.7 Å². The van der Waals surface area contributed by atoms with Crippen molar-refractivity contribution in [3.8, 4) is 0 Å². The van der Waals surface area contributed by atoms with Crippen LogP contribution in [-0.2, 0) is 26.9 Å². The lowest BCUT2D eigenvalue weighted by molar-refractivity contribution is -0.151. The van der Waals surface area contributed by atoms with Crippen LogP contribution in [0, 0.1) is 0 Å². The number of carbonyl (C=O) groups is 2. The molecule has 2 fully saturated rings. The zero-order valence-electron chi connectivity index (χ0n) is 22.2. The van der Waals surface area contributed by atoms with Crippen molar-refractivity contribution in [2.75, 3.05) is 50.7 Å². The van der Waals surface area contributed by atoms with Gasteiger partial charge < -0.3 is 19.4 Å². The van der Waals surface area contributed by atoms with E-state index in [1.165, 1.54) is 11.6 Å². The summed E-state index contributed by atoms with van der Waals surface area (Å²) in [5.74, 6) is -0.627. The van der Waals surface area contributed by atoms with Crippen LogP contribution in [0.2, 0.25) is 0 Å². The van der Waals surface area contributed by atoms with Crippen LogP contribution in [-0.4, -0.2) is 73.1 Å². The van der Waals surface area contributed by atoms with Gasteiger partial charge in [0.2, 0.25) is 0 Å². The maximum absolute atomic E-state index is 13.7. The number of piperazine rings is 1. The summed E-state index contributed by atoms with van der Waals surface area (Å²) in [6.45, 7) is 5.65.